The van der Waals surface area contributed by atoms with E-state index in [-0.39, 0.29) is 43.3 Å². The van der Waals surface area contributed by atoms with Crippen LogP contribution in [0.25, 0.3) is 11.3 Å². The molecule has 0 aliphatic carbocycles. The van der Waals surface area contributed by atoms with Crippen molar-refractivity contribution in [3.63, 3.8) is 0 Å². The molecule has 1 aromatic carbocycles. The minimum absolute atomic E-state index is 0.152. The van der Waals surface area contributed by atoms with E-state index in [1.807, 2.05) is 4.90 Å². The van der Waals surface area contributed by atoms with Crippen molar-refractivity contribution < 1.29 is 27.6 Å². The van der Waals surface area contributed by atoms with Crippen LogP contribution in [-0.4, -0.2) is 57.6 Å². The van der Waals surface area contributed by atoms with Crippen LogP contribution in [0, 0.1) is 11.7 Å². The highest BCUT2D eigenvalue weighted by molar-refractivity contribution is 6.05. The van der Waals surface area contributed by atoms with Gasteiger partial charge in [0, 0.05) is 54.7 Å². The molecule has 0 radical (unpaired) electrons. The fourth-order valence-electron chi connectivity index (χ4n) is 5.57. The van der Waals surface area contributed by atoms with Gasteiger partial charge in [-0.3, -0.25) is 29.6 Å². The third-order valence-electron chi connectivity index (χ3n) is 7.82. The van der Waals surface area contributed by atoms with Gasteiger partial charge < -0.3 is 4.90 Å². The van der Waals surface area contributed by atoms with Gasteiger partial charge in [0.15, 0.2) is 5.82 Å². The summed E-state index contributed by atoms with van der Waals surface area (Å²) in [5, 5.41) is 2.28. The van der Waals surface area contributed by atoms with Gasteiger partial charge in [-0.25, -0.2) is 13.2 Å². The second-order valence-corrected chi connectivity index (χ2v) is 10.1. The standard InChI is InChI=1S/C27H29F3N4O3/c1-2-27(29,30)19-8-11-33(12-9-19)14-17-7-10-31-24(23(17)28)16-3-4-20-18(13-16)15-34(26(20)37)21-5-6-22(35)32-25(21)36/h3-4,7,10,13,19,21H,2,5-6,8-9,11-12,14-15H2,1H3,(H,32,35,36). The molecule has 1 unspecified atom stereocenters. The molecule has 196 valence electrons. The normalized spacial score (nSPS) is 21.4. The largest absolute Gasteiger partial charge is 0.322 e. The maximum absolute atomic E-state index is 15.5. The van der Waals surface area contributed by atoms with Crippen LogP contribution in [0.15, 0.2) is 30.5 Å². The Morgan fingerprint density at radius 1 is 1.11 bits per heavy atom. The first kappa shape index (κ1) is 25.4. The van der Waals surface area contributed by atoms with Crippen molar-refractivity contribution in [3.8, 4) is 11.3 Å². The summed E-state index contributed by atoms with van der Waals surface area (Å²) in [5.74, 6) is -4.91. The van der Waals surface area contributed by atoms with Crippen LogP contribution >= 0.6 is 0 Å². The molecule has 2 saturated heterocycles. The number of aromatic nitrogens is 1. The lowest BCUT2D eigenvalue weighted by molar-refractivity contribution is -0.136. The first-order valence-corrected chi connectivity index (χ1v) is 12.7. The van der Waals surface area contributed by atoms with Crippen LogP contribution < -0.4 is 5.32 Å². The molecule has 0 saturated carbocycles. The molecule has 3 amide bonds. The smallest absolute Gasteiger partial charge is 0.255 e. The van der Waals surface area contributed by atoms with Gasteiger partial charge in [0.05, 0.1) is 0 Å². The number of carbonyl (C=O) groups is 3. The number of pyridine rings is 1. The first-order chi connectivity index (χ1) is 17.7. The topological polar surface area (TPSA) is 82.6 Å². The van der Waals surface area contributed by atoms with E-state index in [2.05, 4.69) is 10.3 Å². The maximum atomic E-state index is 15.5. The molecule has 10 heteroatoms. The van der Waals surface area contributed by atoms with E-state index in [0.29, 0.717) is 54.7 Å². The number of hydrogen-bond donors (Lipinski definition) is 1. The summed E-state index contributed by atoms with van der Waals surface area (Å²) in [7, 11) is 0. The fraction of sp³-hybridized carbons (Fsp3) is 0.481. The third-order valence-corrected chi connectivity index (χ3v) is 7.82. The lowest BCUT2D eigenvalue weighted by Crippen LogP contribution is -2.52. The van der Waals surface area contributed by atoms with Crippen LogP contribution in [-0.2, 0) is 22.7 Å². The van der Waals surface area contributed by atoms with Gasteiger partial charge in [-0.1, -0.05) is 13.0 Å². The molecule has 1 N–H and O–H groups in total. The van der Waals surface area contributed by atoms with Crippen molar-refractivity contribution in [1.29, 1.82) is 0 Å². The Kier molecular flexibility index (Phi) is 6.78. The molecule has 7 nitrogen and oxygen atoms in total. The van der Waals surface area contributed by atoms with Gasteiger partial charge in [-0.2, -0.15) is 0 Å². The van der Waals surface area contributed by atoms with E-state index in [9.17, 15) is 23.2 Å². The van der Waals surface area contributed by atoms with Gasteiger partial charge in [0.2, 0.25) is 11.8 Å². The molecular formula is C27H29F3N4O3. The van der Waals surface area contributed by atoms with Crippen molar-refractivity contribution >= 4 is 17.7 Å². The van der Waals surface area contributed by atoms with Crippen LogP contribution in [0.1, 0.15) is 60.5 Å². The predicted octanol–water partition coefficient (Wildman–Crippen LogP) is 3.91. The van der Waals surface area contributed by atoms with Gasteiger partial charge in [-0.05, 0) is 56.1 Å². The molecule has 2 fully saturated rings. The average Bonchev–Trinajstić information content (AvgIpc) is 3.21. The highest BCUT2D eigenvalue weighted by Gasteiger charge is 2.40. The van der Waals surface area contributed by atoms with Crippen molar-refractivity contribution in [3.05, 3.63) is 53.0 Å². The van der Waals surface area contributed by atoms with Gasteiger partial charge in [-0.15, -0.1) is 0 Å². The number of benzene rings is 1. The second kappa shape index (κ2) is 9.89. The van der Waals surface area contributed by atoms with Crippen LogP contribution in [0.2, 0.25) is 0 Å². The minimum Gasteiger partial charge on any atom is -0.322 e. The van der Waals surface area contributed by atoms with Gasteiger partial charge >= 0.3 is 0 Å². The van der Waals surface area contributed by atoms with E-state index in [1.54, 1.807) is 24.3 Å². The second-order valence-electron chi connectivity index (χ2n) is 10.1. The van der Waals surface area contributed by atoms with Crippen molar-refractivity contribution in [2.45, 2.75) is 64.1 Å². The molecule has 3 aliphatic heterocycles. The number of imide groups is 1. The van der Waals surface area contributed by atoms with E-state index in [4.69, 9.17) is 0 Å². The monoisotopic (exact) mass is 514 g/mol. The van der Waals surface area contributed by atoms with Crippen molar-refractivity contribution in [2.24, 2.45) is 5.92 Å². The fourth-order valence-corrected chi connectivity index (χ4v) is 5.57. The van der Waals surface area contributed by atoms with Crippen molar-refractivity contribution in [1.82, 2.24) is 20.1 Å². The Morgan fingerprint density at radius 2 is 1.86 bits per heavy atom. The van der Waals surface area contributed by atoms with E-state index in [0.717, 1.165) is 0 Å². The minimum atomic E-state index is -2.66. The number of carbonyl (C=O) groups excluding carboxylic acids is 3. The summed E-state index contributed by atoms with van der Waals surface area (Å²) in [4.78, 5) is 44.4. The lowest BCUT2D eigenvalue weighted by Gasteiger charge is -2.35. The summed E-state index contributed by atoms with van der Waals surface area (Å²) in [6.07, 6.45) is 2.55. The number of nitrogens with zero attached hydrogens (tertiary/aromatic N) is 3. The van der Waals surface area contributed by atoms with E-state index in [1.165, 1.54) is 18.0 Å². The predicted molar refractivity (Wildman–Crippen MR) is 129 cm³/mol. The summed E-state index contributed by atoms with van der Waals surface area (Å²) in [6.45, 7) is 2.95. The number of rotatable bonds is 6. The quantitative estimate of drug-likeness (QED) is 0.592. The average molecular weight is 515 g/mol. The van der Waals surface area contributed by atoms with Crippen LogP contribution in [0.5, 0.6) is 0 Å². The SMILES string of the molecule is CCC(F)(F)C1CCN(Cc2ccnc(-c3ccc4c(c3)CN(C3CCC(=O)NC3=O)C4=O)c2F)CC1. The molecule has 2 aromatic rings. The number of hydrogen-bond acceptors (Lipinski definition) is 5. The zero-order valence-corrected chi connectivity index (χ0v) is 20.6. The number of nitrogens with one attached hydrogen (secondary N) is 1. The molecule has 4 heterocycles. The summed E-state index contributed by atoms with van der Waals surface area (Å²) < 4.78 is 43.6. The Labute approximate surface area is 213 Å². The Morgan fingerprint density at radius 3 is 2.57 bits per heavy atom. The number of piperidine rings is 2. The molecule has 0 spiro atoms. The zero-order valence-electron chi connectivity index (χ0n) is 20.6. The number of likely N-dealkylation sites (tertiary alicyclic amines) is 1. The molecule has 0 bridgehead atoms. The third kappa shape index (κ3) is 4.86. The van der Waals surface area contributed by atoms with Gasteiger partial charge in [0.1, 0.15) is 11.7 Å². The highest BCUT2D eigenvalue weighted by atomic mass is 19.3. The molecule has 3 aliphatic rings. The summed E-state index contributed by atoms with van der Waals surface area (Å²) in [6, 6.07) is 5.85. The van der Waals surface area contributed by atoms with Crippen molar-refractivity contribution in [2.75, 3.05) is 13.1 Å². The van der Waals surface area contributed by atoms with E-state index < -0.39 is 29.6 Å². The maximum Gasteiger partial charge on any atom is 0.255 e. The van der Waals surface area contributed by atoms with Gasteiger partial charge in [0.25, 0.3) is 11.8 Å². The molecule has 1 aromatic heterocycles. The molecular weight excluding hydrogens is 485 g/mol. The Bertz CT molecular complexity index is 1240. The summed E-state index contributed by atoms with van der Waals surface area (Å²) in [5.41, 5.74) is 2.21. The van der Waals surface area contributed by atoms with Crippen LogP contribution in [0.3, 0.4) is 0 Å². The number of amides is 3. The summed E-state index contributed by atoms with van der Waals surface area (Å²) >= 11 is 0. The zero-order chi connectivity index (χ0) is 26.3. The molecule has 37 heavy (non-hydrogen) atoms. The highest BCUT2D eigenvalue weighted by Crippen LogP contribution is 2.36. The first-order valence-electron chi connectivity index (χ1n) is 12.7. The number of halogens is 3. The molecule has 5 rings (SSSR count). The van der Waals surface area contributed by atoms with Crippen LogP contribution in [0.4, 0.5) is 13.2 Å². The van der Waals surface area contributed by atoms with E-state index >= 15 is 4.39 Å². The number of fused-ring (bicyclic) bond motifs is 1. The molecule has 1 atom stereocenters. The Hall–Kier alpha value is -3.27. The lowest BCUT2D eigenvalue weighted by atomic mass is 9.89. The Balaban J connectivity index is 1.31. The number of alkyl halides is 2.